The first-order valence-corrected chi connectivity index (χ1v) is 12.4. The van der Waals surface area contributed by atoms with Crippen molar-refractivity contribution in [3.8, 4) is 5.88 Å². The molecule has 0 fully saturated rings. The molecule has 0 saturated heterocycles. The van der Waals surface area contributed by atoms with Crippen LogP contribution >= 0.6 is 15.9 Å². The van der Waals surface area contributed by atoms with Gasteiger partial charge in [-0.15, -0.1) is 0 Å². The van der Waals surface area contributed by atoms with Gasteiger partial charge in [-0.25, -0.2) is 19.3 Å². The predicted molar refractivity (Wildman–Crippen MR) is 101 cm³/mol. The smallest absolute Gasteiger partial charge is 0.420 e. The summed E-state index contributed by atoms with van der Waals surface area (Å²) in [6, 6.07) is 1.03. The number of carbonyl (C=O) groups is 1. The molecule has 2 aromatic heterocycles. The fourth-order valence-corrected chi connectivity index (χ4v) is 3.27. The lowest BCUT2D eigenvalue weighted by atomic mass is 10.2. The van der Waals surface area contributed by atoms with Crippen molar-refractivity contribution in [2.24, 2.45) is 0 Å². The highest BCUT2D eigenvalue weighted by Crippen LogP contribution is 2.32. The normalized spacial score (nSPS) is 12.5. The van der Waals surface area contributed by atoms with E-state index in [0.717, 1.165) is 6.04 Å². The van der Waals surface area contributed by atoms with Gasteiger partial charge in [0.2, 0.25) is 5.88 Å². The average Bonchev–Trinajstić information content (AvgIpc) is 2.74. The summed E-state index contributed by atoms with van der Waals surface area (Å²) < 4.78 is 13.4. The number of halogens is 1. The number of rotatable bonds is 4. The van der Waals surface area contributed by atoms with Crippen LogP contribution in [0.2, 0.25) is 25.7 Å². The Kier molecular flexibility index (Phi) is 5.39. The molecule has 6 nitrogen and oxygen atoms in total. The van der Waals surface area contributed by atoms with E-state index >= 15 is 0 Å². The molecule has 0 aromatic carbocycles. The summed E-state index contributed by atoms with van der Waals surface area (Å²) in [7, 11) is -1.19. The molecule has 132 valence electrons. The second-order valence-electron chi connectivity index (χ2n) is 7.86. The molecule has 0 saturated carbocycles. The standard InChI is InChI=1S/C16H24BrN3O3Si/c1-16(2,3)23-15(21)20-9-11(17)12-13(20)18-10-19-14(12)22-7-8-24(4,5)6/h9-10H,7-8H2,1-6H3. The van der Waals surface area contributed by atoms with Crippen LogP contribution in [0, 0.1) is 0 Å². The third kappa shape index (κ3) is 4.79. The molecule has 2 aromatic rings. The monoisotopic (exact) mass is 413 g/mol. The van der Waals surface area contributed by atoms with E-state index in [9.17, 15) is 4.79 Å². The zero-order valence-electron chi connectivity index (χ0n) is 15.0. The Balaban J connectivity index is 2.32. The Hall–Kier alpha value is -1.41. The molecule has 0 unspecified atom stereocenters. The molecule has 0 aliphatic heterocycles. The van der Waals surface area contributed by atoms with Crippen LogP contribution in [-0.2, 0) is 4.74 Å². The van der Waals surface area contributed by atoms with E-state index in [0.29, 0.717) is 28.0 Å². The Morgan fingerprint density at radius 3 is 2.54 bits per heavy atom. The molecule has 0 radical (unpaired) electrons. The molecule has 0 N–H and O–H groups in total. The number of carbonyl (C=O) groups excluding carboxylic acids is 1. The fraction of sp³-hybridized carbons (Fsp3) is 0.562. The highest BCUT2D eigenvalue weighted by atomic mass is 79.9. The molecule has 0 amide bonds. The minimum absolute atomic E-state index is 0.467. The fourth-order valence-electron chi connectivity index (χ4n) is 2.00. The van der Waals surface area contributed by atoms with E-state index in [1.807, 2.05) is 20.8 Å². The number of hydrogen-bond donors (Lipinski definition) is 0. The summed E-state index contributed by atoms with van der Waals surface area (Å²) >= 11 is 3.47. The molecule has 0 atom stereocenters. The summed E-state index contributed by atoms with van der Waals surface area (Å²) in [5, 5.41) is 0.680. The van der Waals surface area contributed by atoms with Gasteiger partial charge in [0.1, 0.15) is 11.9 Å². The zero-order valence-corrected chi connectivity index (χ0v) is 17.6. The van der Waals surface area contributed by atoms with Crippen LogP contribution in [0.3, 0.4) is 0 Å². The van der Waals surface area contributed by atoms with Crippen molar-refractivity contribution in [3.05, 3.63) is 17.0 Å². The Morgan fingerprint density at radius 1 is 1.29 bits per heavy atom. The Morgan fingerprint density at radius 2 is 1.96 bits per heavy atom. The minimum Gasteiger partial charge on any atom is -0.477 e. The molecule has 2 rings (SSSR count). The summed E-state index contributed by atoms with van der Waals surface area (Å²) in [6.45, 7) is 13.0. The van der Waals surface area contributed by atoms with Crippen molar-refractivity contribution in [2.75, 3.05) is 6.61 Å². The van der Waals surface area contributed by atoms with Gasteiger partial charge in [-0.2, -0.15) is 0 Å². The van der Waals surface area contributed by atoms with E-state index in [4.69, 9.17) is 9.47 Å². The Bertz CT molecular complexity index is 747. The largest absolute Gasteiger partial charge is 0.477 e. The second kappa shape index (κ2) is 6.83. The highest BCUT2D eigenvalue weighted by molar-refractivity contribution is 9.10. The van der Waals surface area contributed by atoms with Gasteiger partial charge in [0.05, 0.1) is 16.5 Å². The lowest BCUT2D eigenvalue weighted by Gasteiger charge is -2.19. The van der Waals surface area contributed by atoms with Gasteiger partial charge in [0.15, 0.2) is 5.65 Å². The van der Waals surface area contributed by atoms with E-state index in [-0.39, 0.29) is 0 Å². The van der Waals surface area contributed by atoms with Gasteiger partial charge in [0, 0.05) is 14.3 Å². The van der Waals surface area contributed by atoms with E-state index in [1.165, 1.54) is 10.9 Å². The van der Waals surface area contributed by atoms with Crippen molar-refractivity contribution in [2.45, 2.75) is 52.1 Å². The maximum absolute atomic E-state index is 12.4. The van der Waals surface area contributed by atoms with Crippen LogP contribution < -0.4 is 4.74 Å². The van der Waals surface area contributed by atoms with Crippen molar-refractivity contribution < 1.29 is 14.3 Å². The average molecular weight is 414 g/mol. The van der Waals surface area contributed by atoms with Crippen molar-refractivity contribution in [1.82, 2.24) is 14.5 Å². The molecule has 24 heavy (non-hydrogen) atoms. The highest BCUT2D eigenvalue weighted by Gasteiger charge is 2.23. The van der Waals surface area contributed by atoms with Gasteiger partial charge >= 0.3 is 6.09 Å². The van der Waals surface area contributed by atoms with E-state index in [1.54, 1.807) is 6.20 Å². The lowest BCUT2D eigenvalue weighted by Crippen LogP contribution is -2.26. The first kappa shape index (κ1) is 18.9. The second-order valence-corrected chi connectivity index (χ2v) is 14.3. The third-order valence-electron chi connectivity index (χ3n) is 3.18. The van der Waals surface area contributed by atoms with Gasteiger partial charge in [-0.05, 0) is 42.7 Å². The molecular formula is C16H24BrN3O3Si. The van der Waals surface area contributed by atoms with Crippen molar-refractivity contribution in [1.29, 1.82) is 0 Å². The quantitative estimate of drug-likeness (QED) is 0.679. The Labute approximate surface area is 151 Å². The third-order valence-corrected chi connectivity index (χ3v) is 5.49. The van der Waals surface area contributed by atoms with Crippen LogP contribution in [0.25, 0.3) is 11.0 Å². The molecule has 0 aliphatic carbocycles. The van der Waals surface area contributed by atoms with Crippen LogP contribution in [0.15, 0.2) is 17.0 Å². The first-order valence-electron chi connectivity index (χ1n) is 7.86. The van der Waals surface area contributed by atoms with E-state index in [2.05, 4.69) is 45.5 Å². The lowest BCUT2D eigenvalue weighted by molar-refractivity contribution is 0.0543. The summed E-state index contributed by atoms with van der Waals surface area (Å²) in [4.78, 5) is 20.8. The van der Waals surface area contributed by atoms with Crippen LogP contribution in [0.4, 0.5) is 4.79 Å². The zero-order chi connectivity index (χ0) is 18.1. The van der Waals surface area contributed by atoms with Crippen LogP contribution in [0.5, 0.6) is 5.88 Å². The van der Waals surface area contributed by atoms with Crippen LogP contribution in [-0.4, -0.2) is 40.9 Å². The molecule has 0 spiro atoms. The molecular weight excluding hydrogens is 390 g/mol. The summed E-state index contributed by atoms with van der Waals surface area (Å²) in [6.07, 6.45) is 2.56. The van der Waals surface area contributed by atoms with E-state index < -0.39 is 19.8 Å². The van der Waals surface area contributed by atoms with Crippen molar-refractivity contribution >= 4 is 41.1 Å². The number of aromatic nitrogens is 3. The van der Waals surface area contributed by atoms with Crippen molar-refractivity contribution in [3.63, 3.8) is 0 Å². The van der Waals surface area contributed by atoms with Gasteiger partial charge < -0.3 is 9.47 Å². The molecule has 0 bridgehead atoms. The maximum Gasteiger partial charge on any atom is 0.420 e. The maximum atomic E-state index is 12.4. The minimum atomic E-state index is -1.19. The predicted octanol–water partition coefficient (Wildman–Crippen LogP) is 4.69. The number of hydrogen-bond acceptors (Lipinski definition) is 5. The van der Waals surface area contributed by atoms with Gasteiger partial charge in [-0.1, -0.05) is 19.6 Å². The number of nitrogens with zero attached hydrogens (tertiary/aromatic N) is 3. The SMILES string of the molecule is CC(C)(C)OC(=O)n1cc(Br)c2c(OCC[Si](C)(C)C)ncnc21. The summed E-state index contributed by atoms with van der Waals surface area (Å²) in [5.74, 6) is 0.479. The first-order chi connectivity index (χ1) is 11.0. The topological polar surface area (TPSA) is 66.2 Å². The number of ether oxygens (including phenoxy) is 2. The van der Waals surface area contributed by atoms with Gasteiger partial charge in [-0.3, -0.25) is 0 Å². The molecule has 2 heterocycles. The van der Waals surface area contributed by atoms with Gasteiger partial charge in [0.25, 0.3) is 0 Å². The molecule has 8 heteroatoms. The molecule has 0 aliphatic rings. The van der Waals surface area contributed by atoms with Crippen LogP contribution in [0.1, 0.15) is 20.8 Å². The summed E-state index contributed by atoms with van der Waals surface area (Å²) in [5.41, 5.74) is -0.113. The number of fused-ring (bicyclic) bond motifs is 1.